The van der Waals surface area contributed by atoms with Gasteiger partial charge in [0.1, 0.15) is 12.1 Å². The molecule has 5 atom stereocenters. The van der Waals surface area contributed by atoms with Crippen LogP contribution in [-0.2, 0) is 19.2 Å². The van der Waals surface area contributed by atoms with Crippen molar-refractivity contribution in [1.82, 2.24) is 16.0 Å². The lowest BCUT2D eigenvalue weighted by molar-refractivity contribution is -0.142. The van der Waals surface area contributed by atoms with Crippen LogP contribution in [-0.4, -0.2) is 59.2 Å². The Bertz CT molecular complexity index is 826. The highest BCUT2D eigenvalue weighted by Crippen LogP contribution is 2.19. The minimum atomic E-state index is -1.13. The molecule has 0 heterocycles. The third-order valence-corrected chi connectivity index (χ3v) is 6.21. The molecule has 0 aliphatic rings. The highest BCUT2D eigenvalue weighted by Gasteiger charge is 2.30. The van der Waals surface area contributed by atoms with Crippen molar-refractivity contribution in [1.29, 1.82) is 0 Å². The van der Waals surface area contributed by atoms with E-state index >= 15 is 0 Å². The van der Waals surface area contributed by atoms with Crippen LogP contribution in [0.5, 0.6) is 0 Å². The molecule has 0 fully saturated rings. The molecule has 1 aromatic rings. The first kappa shape index (κ1) is 30.4. The summed E-state index contributed by atoms with van der Waals surface area (Å²) in [6.45, 7) is 4.17. The normalized spacial score (nSPS) is 15.2. The Labute approximate surface area is 212 Å². The van der Waals surface area contributed by atoms with Crippen molar-refractivity contribution in [3.8, 4) is 0 Å². The first-order chi connectivity index (χ1) is 16.6. The van der Waals surface area contributed by atoms with Gasteiger partial charge in [-0.1, -0.05) is 50.6 Å². The molecular formula is C24H39N5O5S. The van der Waals surface area contributed by atoms with Gasteiger partial charge in [0, 0.05) is 5.75 Å². The molecule has 35 heavy (non-hydrogen) atoms. The van der Waals surface area contributed by atoms with E-state index in [0.29, 0.717) is 31.4 Å². The molecule has 0 aromatic heterocycles. The second-order valence-electron chi connectivity index (χ2n) is 8.58. The molecule has 0 saturated heterocycles. The number of nitrogens with two attached hydrogens (primary N) is 2. The summed E-state index contributed by atoms with van der Waals surface area (Å²) in [5.74, 6) is -2.66. The van der Waals surface area contributed by atoms with E-state index in [9.17, 15) is 24.3 Å². The summed E-state index contributed by atoms with van der Waals surface area (Å²) in [6, 6.07) is 5.39. The number of carboxylic acid groups (broad SMARTS) is 1. The van der Waals surface area contributed by atoms with E-state index in [2.05, 4.69) is 28.6 Å². The summed E-state index contributed by atoms with van der Waals surface area (Å²) in [4.78, 5) is 49.9. The first-order valence-corrected chi connectivity index (χ1v) is 12.5. The van der Waals surface area contributed by atoms with Gasteiger partial charge in [0.2, 0.25) is 17.7 Å². The molecule has 0 aliphatic heterocycles. The van der Waals surface area contributed by atoms with Gasteiger partial charge in [-0.2, -0.15) is 12.6 Å². The van der Waals surface area contributed by atoms with Crippen LogP contribution in [0.15, 0.2) is 30.3 Å². The fraction of sp³-hybridized carbons (Fsp3) is 0.583. The number of unbranched alkanes of at least 4 members (excludes halogenated alkanes) is 1. The van der Waals surface area contributed by atoms with Crippen molar-refractivity contribution >= 4 is 36.3 Å². The largest absolute Gasteiger partial charge is 0.480 e. The lowest BCUT2D eigenvalue weighted by Crippen LogP contribution is -2.55. The topological polar surface area (TPSA) is 177 Å². The smallest absolute Gasteiger partial charge is 0.326 e. The second-order valence-corrected chi connectivity index (χ2v) is 8.94. The Hall–Kier alpha value is -2.63. The van der Waals surface area contributed by atoms with E-state index in [1.807, 2.05) is 13.8 Å². The molecule has 0 spiro atoms. The van der Waals surface area contributed by atoms with Crippen LogP contribution in [0.3, 0.4) is 0 Å². The lowest BCUT2D eigenvalue weighted by Gasteiger charge is -2.28. The minimum absolute atomic E-state index is 0.128. The molecule has 1 rings (SSSR count). The predicted octanol–water partition coefficient (Wildman–Crippen LogP) is 0.720. The number of carbonyl (C=O) groups excluding carboxylic acids is 3. The van der Waals surface area contributed by atoms with E-state index in [0.717, 1.165) is 0 Å². The summed E-state index contributed by atoms with van der Waals surface area (Å²) in [5, 5.41) is 17.5. The summed E-state index contributed by atoms with van der Waals surface area (Å²) < 4.78 is 0. The minimum Gasteiger partial charge on any atom is -0.480 e. The Morgan fingerprint density at radius 2 is 1.69 bits per heavy atom. The molecule has 11 heteroatoms. The third kappa shape index (κ3) is 10.7. The zero-order chi connectivity index (χ0) is 26.4. The number of amides is 3. The van der Waals surface area contributed by atoms with Crippen LogP contribution in [0.4, 0.5) is 0 Å². The molecule has 1 aromatic carbocycles. The van der Waals surface area contributed by atoms with Crippen LogP contribution in [0.25, 0.3) is 0 Å². The summed E-state index contributed by atoms with van der Waals surface area (Å²) in [6.07, 6.45) is 1.93. The molecule has 0 aliphatic carbocycles. The number of carboxylic acids is 1. The van der Waals surface area contributed by atoms with E-state index in [4.69, 9.17) is 11.5 Å². The van der Waals surface area contributed by atoms with Crippen molar-refractivity contribution in [2.45, 2.75) is 70.1 Å². The van der Waals surface area contributed by atoms with Gasteiger partial charge < -0.3 is 32.5 Å². The number of aliphatic carboxylic acids is 1. The number of nitrogens with one attached hydrogen (secondary N) is 3. The van der Waals surface area contributed by atoms with Crippen molar-refractivity contribution in [3.05, 3.63) is 35.9 Å². The van der Waals surface area contributed by atoms with Crippen LogP contribution >= 0.6 is 12.6 Å². The van der Waals surface area contributed by atoms with E-state index < -0.39 is 47.9 Å². The fourth-order valence-electron chi connectivity index (χ4n) is 3.43. The van der Waals surface area contributed by atoms with E-state index in [-0.39, 0.29) is 24.5 Å². The van der Waals surface area contributed by atoms with Gasteiger partial charge in [0.15, 0.2) is 0 Å². The average Bonchev–Trinajstić information content (AvgIpc) is 2.85. The third-order valence-electron chi connectivity index (χ3n) is 5.81. The number of benzene rings is 1. The first-order valence-electron chi connectivity index (χ1n) is 11.9. The molecule has 0 saturated carbocycles. The predicted molar refractivity (Wildman–Crippen MR) is 138 cm³/mol. The molecule has 196 valence electrons. The fourth-order valence-corrected chi connectivity index (χ4v) is 3.60. The molecule has 1 unspecified atom stereocenters. The molecular weight excluding hydrogens is 470 g/mol. The van der Waals surface area contributed by atoms with E-state index in [1.54, 1.807) is 30.3 Å². The highest BCUT2D eigenvalue weighted by atomic mass is 32.1. The Balaban J connectivity index is 3.03. The van der Waals surface area contributed by atoms with Crippen molar-refractivity contribution in [2.75, 3.05) is 12.3 Å². The van der Waals surface area contributed by atoms with Crippen molar-refractivity contribution < 1.29 is 24.3 Å². The van der Waals surface area contributed by atoms with Gasteiger partial charge in [-0.15, -0.1) is 0 Å². The molecule has 0 radical (unpaired) electrons. The van der Waals surface area contributed by atoms with E-state index in [1.165, 1.54) is 0 Å². The van der Waals surface area contributed by atoms with Crippen molar-refractivity contribution in [3.63, 3.8) is 0 Å². The molecule has 8 N–H and O–H groups in total. The van der Waals surface area contributed by atoms with Gasteiger partial charge >= 0.3 is 5.97 Å². The van der Waals surface area contributed by atoms with Crippen molar-refractivity contribution in [2.24, 2.45) is 17.4 Å². The van der Waals surface area contributed by atoms with Crippen LogP contribution in [0.1, 0.15) is 57.6 Å². The zero-order valence-electron chi connectivity index (χ0n) is 20.4. The summed E-state index contributed by atoms with van der Waals surface area (Å²) in [7, 11) is 0. The maximum absolute atomic E-state index is 13.2. The number of thiol groups is 1. The second kappa shape index (κ2) is 16.1. The Morgan fingerprint density at radius 3 is 2.23 bits per heavy atom. The number of carbonyl (C=O) groups is 4. The van der Waals surface area contributed by atoms with Gasteiger partial charge in [-0.25, -0.2) is 4.79 Å². The maximum atomic E-state index is 13.2. The van der Waals surface area contributed by atoms with Crippen LogP contribution in [0.2, 0.25) is 0 Å². The maximum Gasteiger partial charge on any atom is 0.326 e. The van der Waals surface area contributed by atoms with Gasteiger partial charge in [0.05, 0.1) is 18.5 Å². The molecule has 3 amide bonds. The molecule has 0 bridgehead atoms. The summed E-state index contributed by atoms with van der Waals surface area (Å²) in [5.41, 5.74) is 11.9. The van der Waals surface area contributed by atoms with Crippen LogP contribution < -0.4 is 27.4 Å². The molecule has 10 nitrogen and oxygen atoms in total. The quantitative estimate of drug-likeness (QED) is 0.127. The number of rotatable bonds is 16. The number of hydrogen-bond acceptors (Lipinski definition) is 7. The van der Waals surface area contributed by atoms with Gasteiger partial charge in [-0.05, 0) is 37.3 Å². The highest BCUT2D eigenvalue weighted by molar-refractivity contribution is 7.80. The number of hydrogen-bond donors (Lipinski definition) is 7. The Kier molecular flexibility index (Phi) is 14.0. The van der Waals surface area contributed by atoms with Crippen LogP contribution in [0, 0.1) is 5.92 Å². The average molecular weight is 510 g/mol. The SMILES string of the molecule is CC[C@H](C)[C@H](NC(=O)[C@@H](N)CS)C(=O)NC(CC(=O)N[C@@H](CCCCN)C(=O)O)c1ccccc1. The van der Waals surface area contributed by atoms with Gasteiger partial charge in [0.25, 0.3) is 0 Å². The standard InChI is InChI=1S/C24H39N5O5S/c1-3-15(2)21(29-22(31)17(26)14-35)23(32)28-19(16-9-5-4-6-10-16)13-20(30)27-18(24(33)34)11-7-8-12-25/h4-6,9-10,15,17-19,21,35H,3,7-8,11-14,25-26H2,1-2H3,(H,27,30)(H,28,32)(H,29,31)(H,33,34)/t15-,17-,18-,19?,21-/m0/s1. The monoisotopic (exact) mass is 509 g/mol. The van der Waals surface area contributed by atoms with Gasteiger partial charge in [-0.3, -0.25) is 14.4 Å². The zero-order valence-corrected chi connectivity index (χ0v) is 21.3. The Morgan fingerprint density at radius 1 is 1.03 bits per heavy atom. The lowest BCUT2D eigenvalue weighted by atomic mass is 9.96. The summed E-state index contributed by atoms with van der Waals surface area (Å²) >= 11 is 4.03.